The van der Waals surface area contributed by atoms with Crippen LogP contribution in [0.5, 0.6) is 0 Å². The van der Waals surface area contributed by atoms with Gasteiger partial charge in [0, 0.05) is 19.0 Å². The molecule has 0 heterocycles. The Balaban J connectivity index is 2.14. The zero-order chi connectivity index (χ0) is 15.6. The van der Waals surface area contributed by atoms with Crippen molar-refractivity contribution in [2.75, 3.05) is 31.3 Å². The van der Waals surface area contributed by atoms with Crippen LogP contribution in [0, 0.1) is 0 Å². The van der Waals surface area contributed by atoms with Gasteiger partial charge in [0.25, 0.3) is 0 Å². The highest BCUT2D eigenvalue weighted by atomic mass is 32.2. The summed E-state index contributed by atoms with van der Waals surface area (Å²) < 4.78 is 16.2. The normalized spacial score (nSPS) is 11.8. The highest BCUT2D eigenvalue weighted by Crippen LogP contribution is 2.38. The molecule has 21 heavy (non-hydrogen) atoms. The van der Waals surface area contributed by atoms with Gasteiger partial charge in [-0.2, -0.15) is 11.8 Å². The van der Waals surface area contributed by atoms with Crippen LogP contribution >= 0.6 is 19.4 Å². The van der Waals surface area contributed by atoms with Gasteiger partial charge < -0.3 is 19.6 Å². The average Bonchev–Trinajstić information content (AvgIpc) is 2.42. The third-order valence-electron chi connectivity index (χ3n) is 2.77. The summed E-state index contributed by atoms with van der Waals surface area (Å²) in [4.78, 5) is 17.8. The van der Waals surface area contributed by atoms with Crippen molar-refractivity contribution in [2.45, 2.75) is 19.0 Å². The van der Waals surface area contributed by atoms with Crippen molar-refractivity contribution in [3.63, 3.8) is 0 Å². The van der Waals surface area contributed by atoms with E-state index in [0.717, 1.165) is 23.5 Å². The van der Waals surface area contributed by atoms with E-state index in [9.17, 15) is 4.57 Å². The van der Waals surface area contributed by atoms with Crippen LogP contribution < -0.4 is 0 Å². The van der Waals surface area contributed by atoms with Crippen LogP contribution in [0.3, 0.4) is 0 Å². The lowest BCUT2D eigenvalue weighted by molar-refractivity contribution is 0.129. The molecule has 3 N–H and O–H groups in total. The monoisotopic (exact) mass is 334 g/mol. The van der Waals surface area contributed by atoms with Gasteiger partial charge in [-0.15, -0.1) is 0 Å². The van der Waals surface area contributed by atoms with E-state index in [0.29, 0.717) is 25.2 Å². The van der Waals surface area contributed by atoms with Gasteiger partial charge in [0.05, 0.1) is 12.8 Å². The van der Waals surface area contributed by atoms with Gasteiger partial charge >= 0.3 is 7.60 Å². The van der Waals surface area contributed by atoms with Crippen molar-refractivity contribution >= 4 is 19.4 Å². The molecule has 120 valence electrons. The Hall–Kier alpha value is -0.360. The molecule has 0 fully saturated rings. The molecule has 0 atom stereocenters. The maximum Gasteiger partial charge on any atom is 0.329 e. The quantitative estimate of drug-likeness (QED) is 0.424. The number of aliphatic hydroxyl groups excluding tert-OH is 1. The molecule has 1 aromatic rings. The molecule has 0 spiro atoms. The summed E-state index contributed by atoms with van der Waals surface area (Å²) in [6.07, 6.45) is 1.41. The third kappa shape index (κ3) is 10.1. The van der Waals surface area contributed by atoms with Crippen LogP contribution in [-0.2, 0) is 21.9 Å². The summed E-state index contributed by atoms with van der Waals surface area (Å²) in [5, 5.41) is 8.59. The number of benzene rings is 1. The number of aliphatic hydroxyl groups is 1. The van der Waals surface area contributed by atoms with Gasteiger partial charge in [0.2, 0.25) is 0 Å². The third-order valence-corrected chi connectivity index (χ3v) is 4.49. The highest BCUT2D eigenvalue weighted by Gasteiger charge is 2.13. The maximum atomic E-state index is 10.9. The first-order chi connectivity index (χ1) is 10.0. The van der Waals surface area contributed by atoms with E-state index in [-0.39, 0.29) is 12.8 Å². The van der Waals surface area contributed by atoms with Crippen molar-refractivity contribution in [1.82, 2.24) is 0 Å². The Bertz CT molecular complexity index is 431. The molecule has 0 bridgehead atoms. The molecule has 0 radical (unpaired) electrons. The SMILES string of the molecule is O=P(O)(O)Cc1ccc(CCSCCOCCCO)cc1. The fourth-order valence-corrected chi connectivity index (χ4v) is 3.23. The zero-order valence-corrected chi connectivity index (χ0v) is 13.7. The first-order valence-corrected chi connectivity index (χ1v) is 9.85. The topological polar surface area (TPSA) is 87.0 Å². The molecule has 0 aliphatic rings. The second-order valence-corrected chi connectivity index (χ2v) is 7.56. The summed E-state index contributed by atoms with van der Waals surface area (Å²) in [5.74, 6) is 1.92. The van der Waals surface area contributed by atoms with E-state index in [2.05, 4.69) is 0 Å². The highest BCUT2D eigenvalue weighted by molar-refractivity contribution is 7.99. The molecule has 1 rings (SSSR count). The predicted octanol–water partition coefficient (Wildman–Crippen LogP) is 2.04. The Morgan fingerprint density at radius 3 is 2.33 bits per heavy atom. The summed E-state index contributed by atoms with van der Waals surface area (Å²) in [7, 11) is -3.98. The average molecular weight is 334 g/mol. The molecule has 0 saturated heterocycles. The van der Waals surface area contributed by atoms with Gasteiger partial charge in [0.1, 0.15) is 0 Å². The minimum Gasteiger partial charge on any atom is -0.396 e. The first-order valence-electron chi connectivity index (χ1n) is 6.90. The number of hydrogen-bond donors (Lipinski definition) is 3. The Morgan fingerprint density at radius 1 is 1.05 bits per heavy atom. The van der Waals surface area contributed by atoms with E-state index in [1.807, 2.05) is 23.9 Å². The van der Waals surface area contributed by atoms with Crippen molar-refractivity contribution in [3.8, 4) is 0 Å². The lowest BCUT2D eigenvalue weighted by Gasteiger charge is -2.06. The van der Waals surface area contributed by atoms with Crippen molar-refractivity contribution in [2.24, 2.45) is 0 Å². The van der Waals surface area contributed by atoms with Gasteiger partial charge in [-0.1, -0.05) is 24.3 Å². The minimum absolute atomic E-state index is 0.172. The molecule has 5 nitrogen and oxygen atoms in total. The summed E-state index contributed by atoms with van der Waals surface area (Å²) in [6, 6.07) is 7.39. The van der Waals surface area contributed by atoms with Crippen molar-refractivity contribution in [1.29, 1.82) is 0 Å². The van der Waals surface area contributed by atoms with E-state index >= 15 is 0 Å². The zero-order valence-electron chi connectivity index (χ0n) is 12.0. The Morgan fingerprint density at radius 2 is 1.71 bits per heavy atom. The van der Waals surface area contributed by atoms with E-state index in [4.69, 9.17) is 19.6 Å². The molecule has 0 amide bonds. The lowest BCUT2D eigenvalue weighted by Crippen LogP contribution is -2.02. The number of aryl methyl sites for hydroxylation is 1. The molecule has 0 aliphatic carbocycles. The van der Waals surface area contributed by atoms with E-state index in [1.165, 1.54) is 0 Å². The standard InChI is InChI=1S/C14H23O5PS/c15-7-1-8-19-9-11-21-10-6-13-2-4-14(5-3-13)12-20(16,17)18/h2-5,15H,1,6-12H2,(H2,16,17,18). The van der Waals surface area contributed by atoms with Gasteiger partial charge in [-0.3, -0.25) is 4.57 Å². The van der Waals surface area contributed by atoms with Crippen molar-refractivity contribution < 1.29 is 24.2 Å². The molecular formula is C14H23O5PS. The first kappa shape index (κ1) is 18.7. The lowest BCUT2D eigenvalue weighted by atomic mass is 10.1. The van der Waals surface area contributed by atoms with Crippen LogP contribution in [0.15, 0.2) is 24.3 Å². The van der Waals surface area contributed by atoms with Crippen LogP contribution in [0.2, 0.25) is 0 Å². The summed E-state index contributed by atoms with van der Waals surface area (Å²) >= 11 is 1.81. The fourth-order valence-electron chi connectivity index (χ4n) is 1.73. The minimum atomic E-state index is -3.98. The Labute approximate surface area is 129 Å². The summed E-state index contributed by atoms with van der Waals surface area (Å²) in [5.41, 5.74) is 1.83. The largest absolute Gasteiger partial charge is 0.396 e. The maximum absolute atomic E-state index is 10.9. The Kier molecular flexibility index (Phi) is 9.24. The number of ether oxygens (including phenoxy) is 1. The number of rotatable bonds is 11. The van der Waals surface area contributed by atoms with Crippen LogP contribution in [0.4, 0.5) is 0 Å². The molecule has 0 saturated carbocycles. The van der Waals surface area contributed by atoms with Crippen LogP contribution in [0.1, 0.15) is 17.5 Å². The van der Waals surface area contributed by atoms with Crippen LogP contribution in [-0.4, -0.2) is 46.2 Å². The molecule has 1 aromatic carbocycles. The second kappa shape index (κ2) is 10.4. The number of thioether (sulfide) groups is 1. The van der Waals surface area contributed by atoms with Gasteiger partial charge in [0.15, 0.2) is 0 Å². The molecule has 0 aromatic heterocycles. The predicted molar refractivity (Wildman–Crippen MR) is 85.7 cm³/mol. The smallest absolute Gasteiger partial charge is 0.329 e. The van der Waals surface area contributed by atoms with Crippen LogP contribution in [0.25, 0.3) is 0 Å². The van der Waals surface area contributed by atoms with Gasteiger partial charge in [-0.25, -0.2) is 0 Å². The second-order valence-electron chi connectivity index (χ2n) is 4.69. The molecule has 0 aliphatic heterocycles. The molecular weight excluding hydrogens is 311 g/mol. The molecule has 7 heteroatoms. The van der Waals surface area contributed by atoms with E-state index < -0.39 is 7.60 Å². The number of hydrogen-bond acceptors (Lipinski definition) is 4. The van der Waals surface area contributed by atoms with E-state index in [1.54, 1.807) is 12.1 Å². The molecule has 0 unspecified atom stereocenters. The van der Waals surface area contributed by atoms with Gasteiger partial charge in [-0.05, 0) is 29.7 Å². The fraction of sp³-hybridized carbons (Fsp3) is 0.571. The van der Waals surface area contributed by atoms with Crippen molar-refractivity contribution in [3.05, 3.63) is 35.4 Å². The summed E-state index contributed by atoms with van der Waals surface area (Å²) in [6.45, 7) is 1.48.